The van der Waals surface area contributed by atoms with E-state index in [1.54, 1.807) is 0 Å². The molecule has 7 heteroatoms. The molecule has 0 bridgehead atoms. The van der Waals surface area contributed by atoms with Crippen molar-refractivity contribution in [3.05, 3.63) is 4.88 Å². The SMILES string of the molecule is CCN(C)c1nc(N)c(C(=O)NC(C)CCN(C)C)s1. The van der Waals surface area contributed by atoms with Gasteiger partial charge in [-0.1, -0.05) is 11.3 Å². The molecule has 0 aliphatic carbocycles. The Morgan fingerprint density at radius 3 is 2.65 bits per heavy atom. The van der Waals surface area contributed by atoms with Gasteiger partial charge in [0.1, 0.15) is 10.7 Å². The molecule has 1 aromatic heterocycles. The number of carbonyl (C=O) groups excluding carboxylic acids is 1. The summed E-state index contributed by atoms with van der Waals surface area (Å²) in [5, 5.41) is 3.74. The van der Waals surface area contributed by atoms with Crippen molar-refractivity contribution < 1.29 is 4.79 Å². The van der Waals surface area contributed by atoms with Crippen LogP contribution in [0.1, 0.15) is 29.9 Å². The Balaban J connectivity index is 2.65. The number of hydrogen-bond acceptors (Lipinski definition) is 6. The van der Waals surface area contributed by atoms with E-state index in [-0.39, 0.29) is 11.9 Å². The van der Waals surface area contributed by atoms with E-state index in [1.165, 1.54) is 11.3 Å². The van der Waals surface area contributed by atoms with E-state index in [9.17, 15) is 4.79 Å². The van der Waals surface area contributed by atoms with E-state index < -0.39 is 0 Å². The largest absolute Gasteiger partial charge is 0.382 e. The molecule has 0 aliphatic heterocycles. The maximum Gasteiger partial charge on any atom is 0.265 e. The number of thiazole rings is 1. The van der Waals surface area contributed by atoms with Crippen LogP contribution in [0.15, 0.2) is 0 Å². The molecule has 0 saturated carbocycles. The topological polar surface area (TPSA) is 74.5 Å². The molecule has 1 heterocycles. The quantitative estimate of drug-likeness (QED) is 0.792. The number of rotatable bonds is 7. The van der Waals surface area contributed by atoms with Gasteiger partial charge in [-0.05, 0) is 40.9 Å². The zero-order chi connectivity index (χ0) is 15.3. The lowest BCUT2D eigenvalue weighted by atomic mass is 10.2. The first kappa shape index (κ1) is 16.7. The Morgan fingerprint density at radius 2 is 2.10 bits per heavy atom. The first-order valence-corrected chi connectivity index (χ1v) is 7.59. The Morgan fingerprint density at radius 1 is 1.45 bits per heavy atom. The summed E-state index contributed by atoms with van der Waals surface area (Å²) in [5.41, 5.74) is 5.84. The highest BCUT2D eigenvalue weighted by molar-refractivity contribution is 7.18. The highest BCUT2D eigenvalue weighted by Crippen LogP contribution is 2.27. The molecule has 1 atom stereocenters. The average molecular weight is 299 g/mol. The number of hydrogen-bond donors (Lipinski definition) is 2. The Labute approximate surface area is 125 Å². The van der Waals surface area contributed by atoms with Crippen LogP contribution in [0.2, 0.25) is 0 Å². The molecule has 0 fully saturated rings. The zero-order valence-electron chi connectivity index (χ0n) is 12.9. The lowest BCUT2D eigenvalue weighted by molar-refractivity contribution is 0.0941. The van der Waals surface area contributed by atoms with E-state index >= 15 is 0 Å². The normalized spacial score (nSPS) is 12.5. The molecule has 0 radical (unpaired) electrons. The number of carbonyl (C=O) groups is 1. The number of nitrogens with two attached hydrogens (primary N) is 1. The van der Waals surface area contributed by atoms with Gasteiger partial charge in [-0.2, -0.15) is 0 Å². The number of nitrogens with zero attached hydrogens (tertiary/aromatic N) is 3. The van der Waals surface area contributed by atoms with Crippen molar-refractivity contribution in [1.82, 2.24) is 15.2 Å². The van der Waals surface area contributed by atoms with Crippen LogP contribution < -0.4 is 16.0 Å². The van der Waals surface area contributed by atoms with Crippen LogP contribution in [0.25, 0.3) is 0 Å². The van der Waals surface area contributed by atoms with Gasteiger partial charge in [-0.25, -0.2) is 4.98 Å². The summed E-state index contributed by atoms with van der Waals surface area (Å²) in [6, 6.07) is 0.110. The number of nitrogens with one attached hydrogen (secondary N) is 1. The highest BCUT2D eigenvalue weighted by Gasteiger charge is 2.19. The summed E-state index contributed by atoms with van der Waals surface area (Å²) in [4.78, 5) is 21.0. The standard InChI is InChI=1S/C13H25N5OS/c1-6-18(5)13-16-11(14)10(20-13)12(19)15-9(2)7-8-17(3)4/h9H,6-8,14H2,1-5H3,(H,15,19). The molecule has 0 aliphatic rings. The van der Waals surface area contributed by atoms with Gasteiger partial charge >= 0.3 is 0 Å². The van der Waals surface area contributed by atoms with Crippen molar-refractivity contribution >= 4 is 28.2 Å². The van der Waals surface area contributed by atoms with Crippen LogP contribution in [0.5, 0.6) is 0 Å². The van der Waals surface area contributed by atoms with E-state index in [1.807, 2.05) is 39.9 Å². The molecule has 0 spiro atoms. The third-order valence-electron chi connectivity index (χ3n) is 3.04. The fourth-order valence-corrected chi connectivity index (χ4v) is 2.51. The first-order chi connectivity index (χ1) is 9.35. The van der Waals surface area contributed by atoms with Gasteiger partial charge in [-0.3, -0.25) is 4.79 Å². The van der Waals surface area contributed by atoms with E-state index in [0.29, 0.717) is 10.7 Å². The summed E-state index contributed by atoms with van der Waals surface area (Å²) >= 11 is 1.33. The van der Waals surface area contributed by atoms with E-state index in [2.05, 4.69) is 15.2 Å². The van der Waals surface area contributed by atoms with Crippen LogP contribution in [-0.4, -0.2) is 56.1 Å². The average Bonchev–Trinajstić information content (AvgIpc) is 2.77. The van der Waals surface area contributed by atoms with Gasteiger partial charge in [-0.15, -0.1) is 0 Å². The molecule has 1 amide bonds. The lowest BCUT2D eigenvalue weighted by Crippen LogP contribution is -2.34. The van der Waals surface area contributed by atoms with E-state index in [0.717, 1.165) is 24.6 Å². The maximum atomic E-state index is 12.2. The molecule has 1 unspecified atom stereocenters. The Kier molecular flexibility index (Phi) is 6.22. The predicted octanol–water partition coefficient (Wildman–Crippen LogP) is 1.25. The van der Waals surface area contributed by atoms with Gasteiger partial charge in [0.25, 0.3) is 5.91 Å². The fraction of sp³-hybridized carbons (Fsp3) is 0.692. The van der Waals surface area contributed by atoms with Crippen LogP contribution >= 0.6 is 11.3 Å². The zero-order valence-corrected chi connectivity index (χ0v) is 13.8. The molecule has 0 saturated heterocycles. The second kappa shape index (κ2) is 7.44. The Bertz CT molecular complexity index is 446. The number of nitrogen functional groups attached to an aromatic ring is 1. The highest BCUT2D eigenvalue weighted by atomic mass is 32.1. The monoisotopic (exact) mass is 299 g/mol. The minimum Gasteiger partial charge on any atom is -0.382 e. The molecule has 1 rings (SSSR count). The summed E-state index contributed by atoms with van der Waals surface area (Å²) in [5.74, 6) is 0.171. The maximum absolute atomic E-state index is 12.2. The lowest BCUT2D eigenvalue weighted by Gasteiger charge is -2.16. The molecule has 114 valence electrons. The number of anilines is 2. The van der Waals surface area contributed by atoms with Crippen molar-refractivity contribution in [3.8, 4) is 0 Å². The van der Waals surface area contributed by atoms with Crippen LogP contribution in [0, 0.1) is 0 Å². The predicted molar refractivity (Wildman–Crippen MR) is 85.6 cm³/mol. The molecular formula is C13H25N5OS. The van der Waals surface area contributed by atoms with Gasteiger partial charge in [0.05, 0.1) is 0 Å². The fourth-order valence-electron chi connectivity index (χ4n) is 1.59. The van der Waals surface area contributed by atoms with Crippen molar-refractivity contribution in [2.75, 3.05) is 44.9 Å². The summed E-state index contributed by atoms with van der Waals surface area (Å²) in [6.07, 6.45) is 0.902. The minimum absolute atomic E-state index is 0.110. The molecular weight excluding hydrogens is 274 g/mol. The summed E-state index contributed by atoms with van der Waals surface area (Å²) in [6.45, 7) is 5.79. The summed E-state index contributed by atoms with van der Waals surface area (Å²) in [7, 11) is 5.96. The third kappa shape index (κ3) is 4.64. The van der Waals surface area contributed by atoms with Crippen LogP contribution in [0.4, 0.5) is 10.9 Å². The van der Waals surface area contributed by atoms with Crippen LogP contribution in [-0.2, 0) is 0 Å². The number of aromatic nitrogens is 1. The third-order valence-corrected chi connectivity index (χ3v) is 4.22. The smallest absolute Gasteiger partial charge is 0.265 e. The van der Waals surface area contributed by atoms with Gasteiger partial charge in [0.15, 0.2) is 5.13 Å². The minimum atomic E-state index is -0.137. The van der Waals surface area contributed by atoms with Crippen molar-refractivity contribution in [3.63, 3.8) is 0 Å². The van der Waals surface area contributed by atoms with Crippen LogP contribution in [0.3, 0.4) is 0 Å². The van der Waals surface area contributed by atoms with E-state index in [4.69, 9.17) is 5.73 Å². The summed E-state index contributed by atoms with van der Waals surface area (Å²) < 4.78 is 0. The molecule has 6 nitrogen and oxygen atoms in total. The van der Waals surface area contributed by atoms with Crippen molar-refractivity contribution in [2.24, 2.45) is 0 Å². The van der Waals surface area contributed by atoms with Crippen molar-refractivity contribution in [1.29, 1.82) is 0 Å². The second-order valence-corrected chi connectivity index (χ2v) is 6.17. The van der Waals surface area contributed by atoms with Gasteiger partial charge < -0.3 is 20.9 Å². The molecule has 20 heavy (non-hydrogen) atoms. The number of amides is 1. The molecule has 1 aromatic rings. The van der Waals surface area contributed by atoms with Gasteiger partial charge in [0, 0.05) is 19.6 Å². The van der Waals surface area contributed by atoms with Gasteiger partial charge in [0.2, 0.25) is 0 Å². The van der Waals surface area contributed by atoms with Crippen molar-refractivity contribution in [2.45, 2.75) is 26.3 Å². The molecule has 0 aromatic carbocycles. The molecule has 3 N–H and O–H groups in total. The first-order valence-electron chi connectivity index (χ1n) is 6.78. The second-order valence-electron chi connectivity index (χ2n) is 5.19. The Hall–Kier alpha value is -1.34.